The highest BCUT2D eigenvalue weighted by Crippen LogP contribution is 2.19. The molecule has 0 fully saturated rings. The van der Waals surface area contributed by atoms with E-state index in [1.807, 2.05) is 19.1 Å². The third-order valence-corrected chi connectivity index (χ3v) is 4.73. The van der Waals surface area contributed by atoms with Crippen molar-refractivity contribution in [3.8, 4) is 0 Å². The van der Waals surface area contributed by atoms with Gasteiger partial charge in [0.2, 0.25) is 5.91 Å². The lowest BCUT2D eigenvalue weighted by atomic mass is 10.00. The maximum Gasteiger partial charge on any atom is 0.242 e. The minimum absolute atomic E-state index is 0.0897. The molecule has 1 aliphatic rings. The van der Waals surface area contributed by atoms with Crippen molar-refractivity contribution in [2.75, 3.05) is 6.54 Å². The number of hydrogen-bond donors (Lipinski definition) is 1. The molecule has 140 valence electrons. The van der Waals surface area contributed by atoms with Crippen LogP contribution in [0.4, 0.5) is 0 Å². The number of tetrazole rings is 1. The molecule has 0 radical (unpaired) electrons. The van der Waals surface area contributed by atoms with Crippen molar-refractivity contribution < 1.29 is 9.21 Å². The highest BCUT2D eigenvalue weighted by molar-refractivity contribution is 5.75. The number of nitrogens with one attached hydrogen (secondary N) is 1. The summed E-state index contributed by atoms with van der Waals surface area (Å²) in [6.45, 7) is 4.75. The lowest BCUT2D eigenvalue weighted by molar-refractivity contribution is -0.122. The normalized spacial score (nSPS) is 14.1. The van der Waals surface area contributed by atoms with Crippen LogP contribution in [0, 0.1) is 6.92 Å². The molecule has 8 heteroatoms. The second-order valence-corrected chi connectivity index (χ2v) is 6.77. The van der Waals surface area contributed by atoms with Crippen LogP contribution in [0.1, 0.15) is 28.5 Å². The van der Waals surface area contributed by atoms with Gasteiger partial charge in [-0.15, -0.1) is 5.10 Å². The summed E-state index contributed by atoms with van der Waals surface area (Å²) in [6, 6.07) is 12.2. The van der Waals surface area contributed by atoms with Crippen LogP contribution in [-0.4, -0.2) is 37.6 Å². The fourth-order valence-corrected chi connectivity index (χ4v) is 3.31. The molecule has 1 aliphatic heterocycles. The highest BCUT2D eigenvalue weighted by Gasteiger charge is 2.19. The number of amides is 1. The van der Waals surface area contributed by atoms with E-state index in [1.165, 1.54) is 11.1 Å². The van der Waals surface area contributed by atoms with E-state index >= 15 is 0 Å². The number of carbonyl (C=O) groups excluding carboxylic acids is 1. The van der Waals surface area contributed by atoms with Crippen LogP contribution in [0.2, 0.25) is 0 Å². The van der Waals surface area contributed by atoms with E-state index in [2.05, 4.69) is 50.0 Å². The van der Waals surface area contributed by atoms with Gasteiger partial charge >= 0.3 is 0 Å². The van der Waals surface area contributed by atoms with Crippen LogP contribution in [0.25, 0.3) is 0 Å². The van der Waals surface area contributed by atoms with E-state index in [0.29, 0.717) is 18.9 Å². The van der Waals surface area contributed by atoms with Gasteiger partial charge in [-0.3, -0.25) is 9.69 Å². The number of rotatable bonds is 6. The molecule has 0 saturated heterocycles. The summed E-state index contributed by atoms with van der Waals surface area (Å²) in [5.41, 5.74) is 2.75. The first-order valence-corrected chi connectivity index (χ1v) is 9.03. The molecule has 3 aromatic rings. The van der Waals surface area contributed by atoms with Crippen LogP contribution in [0.5, 0.6) is 0 Å². The zero-order valence-electron chi connectivity index (χ0n) is 15.3. The van der Waals surface area contributed by atoms with Crippen molar-refractivity contribution in [3.63, 3.8) is 0 Å². The molecule has 1 aromatic carbocycles. The van der Waals surface area contributed by atoms with Crippen LogP contribution < -0.4 is 5.32 Å². The minimum Gasteiger partial charge on any atom is -0.465 e. The number of furan rings is 1. The van der Waals surface area contributed by atoms with Gasteiger partial charge in [0.25, 0.3) is 0 Å². The fourth-order valence-electron chi connectivity index (χ4n) is 3.31. The number of aryl methyl sites for hydroxylation is 1. The molecule has 1 amide bonds. The van der Waals surface area contributed by atoms with Gasteiger partial charge in [-0.25, -0.2) is 4.68 Å². The number of hydrogen-bond acceptors (Lipinski definition) is 6. The average Bonchev–Trinajstić information content (AvgIpc) is 3.29. The lowest BCUT2D eigenvalue weighted by Gasteiger charge is -2.28. The van der Waals surface area contributed by atoms with Gasteiger partial charge in [0, 0.05) is 13.1 Å². The Balaban J connectivity index is 1.33. The van der Waals surface area contributed by atoms with Crippen molar-refractivity contribution in [1.82, 2.24) is 30.4 Å². The van der Waals surface area contributed by atoms with Crippen molar-refractivity contribution in [1.29, 1.82) is 0 Å². The first kappa shape index (κ1) is 17.4. The van der Waals surface area contributed by atoms with Crippen molar-refractivity contribution in [2.45, 2.75) is 39.5 Å². The maximum atomic E-state index is 12.2. The van der Waals surface area contributed by atoms with Crippen molar-refractivity contribution >= 4 is 5.91 Å². The summed E-state index contributed by atoms with van der Waals surface area (Å²) in [4.78, 5) is 14.5. The van der Waals surface area contributed by atoms with E-state index in [4.69, 9.17) is 4.42 Å². The van der Waals surface area contributed by atoms with Crippen molar-refractivity contribution in [3.05, 3.63) is 64.9 Å². The topological polar surface area (TPSA) is 89.1 Å². The molecule has 8 nitrogen and oxygen atoms in total. The first-order valence-electron chi connectivity index (χ1n) is 9.03. The van der Waals surface area contributed by atoms with E-state index in [1.54, 1.807) is 4.68 Å². The summed E-state index contributed by atoms with van der Waals surface area (Å²) in [5.74, 6) is 2.09. The summed E-state index contributed by atoms with van der Waals surface area (Å²) in [6.07, 6.45) is 1.01. The quantitative estimate of drug-likeness (QED) is 0.710. The van der Waals surface area contributed by atoms with Crippen LogP contribution >= 0.6 is 0 Å². The van der Waals surface area contributed by atoms with E-state index in [0.717, 1.165) is 31.0 Å². The van der Waals surface area contributed by atoms with Gasteiger partial charge in [-0.05, 0) is 47.0 Å². The summed E-state index contributed by atoms with van der Waals surface area (Å²) in [5, 5.41) is 14.6. The van der Waals surface area contributed by atoms with Crippen LogP contribution in [0.3, 0.4) is 0 Å². The molecular formula is C19H22N6O2. The fraction of sp³-hybridized carbons (Fsp3) is 0.368. The van der Waals surface area contributed by atoms with E-state index in [-0.39, 0.29) is 12.5 Å². The average molecular weight is 366 g/mol. The predicted octanol–water partition coefficient (Wildman–Crippen LogP) is 1.45. The largest absolute Gasteiger partial charge is 0.465 e. The number of nitrogens with zero attached hydrogens (tertiary/aromatic N) is 5. The van der Waals surface area contributed by atoms with Gasteiger partial charge in [0.15, 0.2) is 5.82 Å². The Morgan fingerprint density at radius 3 is 2.89 bits per heavy atom. The molecule has 3 heterocycles. The van der Waals surface area contributed by atoms with E-state index < -0.39 is 0 Å². The molecular weight excluding hydrogens is 344 g/mol. The summed E-state index contributed by atoms with van der Waals surface area (Å²) < 4.78 is 7.01. The smallest absolute Gasteiger partial charge is 0.242 e. The molecule has 0 bridgehead atoms. The third-order valence-electron chi connectivity index (χ3n) is 4.73. The summed E-state index contributed by atoms with van der Waals surface area (Å²) >= 11 is 0. The molecule has 2 aromatic heterocycles. The SMILES string of the molecule is Cc1ccc(CNC(=O)Cn2nnnc2CN2CCc3ccccc3C2)o1. The number of fused-ring (bicyclic) bond motifs is 1. The Morgan fingerprint density at radius 1 is 1.22 bits per heavy atom. The Bertz CT molecular complexity index is 932. The molecule has 4 rings (SSSR count). The third kappa shape index (κ3) is 4.22. The van der Waals surface area contributed by atoms with Gasteiger partial charge in [-0.1, -0.05) is 24.3 Å². The van der Waals surface area contributed by atoms with Crippen LogP contribution in [0.15, 0.2) is 40.8 Å². The van der Waals surface area contributed by atoms with Gasteiger partial charge in [-0.2, -0.15) is 0 Å². The summed E-state index contributed by atoms with van der Waals surface area (Å²) in [7, 11) is 0. The van der Waals surface area contributed by atoms with E-state index in [9.17, 15) is 4.79 Å². The van der Waals surface area contributed by atoms with Gasteiger partial charge < -0.3 is 9.73 Å². The number of carbonyl (C=O) groups is 1. The highest BCUT2D eigenvalue weighted by atomic mass is 16.3. The Kier molecular flexibility index (Phi) is 4.97. The number of aromatic nitrogens is 4. The monoisotopic (exact) mass is 366 g/mol. The molecule has 0 unspecified atom stereocenters. The standard InChI is InChI=1S/C19H22N6O2/c1-14-6-7-17(27-14)10-20-19(26)13-25-18(21-22-23-25)12-24-9-8-15-4-2-3-5-16(15)11-24/h2-7H,8-13H2,1H3,(H,20,26). The molecule has 27 heavy (non-hydrogen) atoms. The maximum absolute atomic E-state index is 12.2. The first-order chi connectivity index (χ1) is 13.2. The zero-order valence-corrected chi connectivity index (χ0v) is 15.3. The molecule has 0 spiro atoms. The Hall–Kier alpha value is -3.00. The minimum atomic E-state index is -0.151. The van der Waals surface area contributed by atoms with Crippen molar-refractivity contribution in [2.24, 2.45) is 0 Å². The van der Waals surface area contributed by atoms with Gasteiger partial charge in [0.05, 0.1) is 13.1 Å². The number of benzene rings is 1. The van der Waals surface area contributed by atoms with Crippen LogP contribution in [-0.2, 0) is 37.4 Å². The lowest BCUT2D eigenvalue weighted by Crippen LogP contribution is -2.33. The Morgan fingerprint density at radius 2 is 2.07 bits per heavy atom. The molecule has 0 aliphatic carbocycles. The molecule has 0 saturated carbocycles. The molecule has 0 atom stereocenters. The van der Waals surface area contributed by atoms with Gasteiger partial charge in [0.1, 0.15) is 18.1 Å². The second kappa shape index (κ2) is 7.71. The Labute approximate surface area is 157 Å². The predicted molar refractivity (Wildman–Crippen MR) is 97.4 cm³/mol. The second-order valence-electron chi connectivity index (χ2n) is 6.77. The molecule has 1 N–H and O–H groups in total. The zero-order chi connectivity index (χ0) is 18.6.